The van der Waals surface area contributed by atoms with Crippen molar-refractivity contribution in [3.8, 4) is 0 Å². The summed E-state index contributed by atoms with van der Waals surface area (Å²) in [6.45, 7) is 0. The molecule has 0 saturated heterocycles. The lowest BCUT2D eigenvalue weighted by atomic mass is 10.3. The molecule has 15 heavy (non-hydrogen) atoms. The fraction of sp³-hybridized carbons (Fsp3) is 0.400. The standard InChI is InChI=1S/C10H10BrN3O/c1-13-5-8(11)9-7(10(13)15)4-14(12-9)6-2-3-6/h4-6H,2-3H2,1H3. The molecule has 1 saturated carbocycles. The molecule has 1 aliphatic carbocycles. The van der Waals surface area contributed by atoms with Gasteiger partial charge in [0.25, 0.3) is 5.56 Å². The molecule has 3 rings (SSSR count). The Morgan fingerprint density at radius 1 is 1.47 bits per heavy atom. The first-order chi connectivity index (χ1) is 7.16. The summed E-state index contributed by atoms with van der Waals surface area (Å²) in [5, 5.41) is 5.13. The zero-order valence-electron chi connectivity index (χ0n) is 8.27. The van der Waals surface area contributed by atoms with Crippen molar-refractivity contribution in [1.82, 2.24) is 14.3 Å². The van der Waals surface area contributed by atoms with E-state index in [1.54, 1.807) is 17.8 Å². The van der Waals surface area contributed by atoms with E-state index >= 15 is 0 Å². The molecule has 0 spiro atoms. The van der Waals surface area contributed by atoms with Crippen LogP contribution in [0.4, 0.5) is 0 Å². The third kappa shape index (κ3) is 1.33. The third-order valence-corrected chi connectivity index (χ3v) is 3.32. The van der Waals surface area contributed by atoms with Crippen molar-refractivity contribution in [1.29, 1.82) is 0 Å². The smallest absolute Gasteiger partial charge is 0.261 e. The number of aryl methyl sites for hydroxylation is 1. The zero-order valence-corrected chi connectivity index (χ0v) is 9.86. The zero-order chi connectivity index (χ0) is 10.6. The number of rotatable bonds is 1. The van der Waals surface area contributed by atoms with E-state index in [0.29, 0.717) is 11.4 Å². The Bertz CT molecular complexity index is 594. The van der Waals surface area contributed by atoms with E-state index in [-0.39, 0.29) is 5.56 Å². The highest BCUT2D eigenvalue weighted by molar-refractivity contribution is 9.10. The van der Waals surface area contributed by atoms with Crippen molar-refractivity contribution in [2.24, 2.45) is 7.05 Å². The van der Waals surface area contributed by atoms with Crippen LogP contribution in [0.3, 0.4) is 0 Å². The van der Waals surface area contributed by atoms with Crippen molar-refractivity contribution in [2.75, 3.05) is 0 Å². The van der Waals surface area contributed by atoms with E-state index in [2.05, 4.69) is 21.0 Å². The summed E-state index contributed by atoms with van der Waals surface area (Å²) >= 11 is 3.43. The van der Waals surface area contributed by atoms with Crippen molar-refractivity contribution in [3.63, 3.8) is 0 Å². The van der Waals surface area contributed by atoms with Gasteiger partial charge in [0.05, 0.1) is 15.9 Å². The first kappa shape index (κ1) is 9.15. The van der Waals surface area contributed by atoms with Gasteiger partial charge >= 0.3 is 0 Å². The van der Waals surface area contributed by atoms with Crippen LogP contribution in [0, 0.1) is 0 Å². The van der Waals surface area contributed by atoms with Gasteiger partial charge < -0.3 is 4.57 Å². The molecule has 0 N–H and O–H groups in total. The molecule has 2 aromatic heterocycles. The molecule has 2 aromatic rings. The topological polar surface area (TPSA) is 39.8 Å². The Morgan fingerprint density at radius 2 is 2.20 bits per heavy atom. The number of nitrogens with zero attached hydrogens (tertiary/aromatic N) is 3. The van der Waals surface area contributed by atoms with Crippen molar-refractivity contribution in [3.05, 3.63) is 27.2 Å². The van der Waals surface area contributed by atoms with Crippen LogP contribution in [0.1, 0.15) is 18.9 Å². The summed E-state index contributed by atoms with van der Waals surface area (Å²) in [5.41, 5.74) is 0.783. The highest BCUT2D eigenvalue weighted by Gasteiger charge is 2.25. The van der Waals surface area contributed by atoms with Crippen LogP contribution in [0.15, 0.2) is 21.7 Å². The van der Waals surface area contributed by atoms with Gasteiger partial charge in [0.15, 0.2) is 0 Å². The minimum Gasteiger partial charge on any atom is -0.317 e. The van der Waals surface area contributed by atoms with Crippen LogP contribution in [0.25, 0.3) is 10.9 Å². The van der Waals surface area contributed by atoms with Gasteiger partial charge in [0.2, 0.25) is 0 Å². The molecule has 1 aliphatic rings. The van der Waals surface area contributed by atoms with Crippen LogP contribution < -0.4 is 5.56 Å². The van der Waals surface area contributed by atoms with Crippen molar-refractivity contribution >= 4 is 26.8 Å². The third-order valence-electron chi connectivity index (χ3n) is 2.74. The highest BCUT2D eigenvalue weighted by Crippen LogP contribution is 2.35. The molecular formula is C10H10BrN3O. The second kappa shape index (κ2) is 2.95. The molecule has 0 atom stereocenters. The molecule has 2 heterocycles. The Labute approximate surface area is 94.6 Å². The molecular weight excluding hydrogens is 258 g/mol. The van der Waals surface area contributed by atoms with Crippen LogP contribution in [-0.4, -0.2) is 14.3 Å². The average Bonchev–Trinajstić information content (AvgIpc) is 2.94. The lowest BCUT2D eigenvalue weighted by molar-refractivity contribution is 0.649. The first-order valence-electron chi connectivity index (χ1n) is 4.91. The number of aromatic nitrogens is 3. The van der Waals surface area contributed by atoms with Gasteiger partial charge in [-0.15, -0.1) is 0 Å². The predicted octanol–water partition coefficient (Wildman–Crippen LogP) is 1.83. The minimum absolute atomic E-state index is 0.0140. The Balaban J connectivity index is 2.37. The van der Waals surface area contributed by atoms with Crippen molar-refractivity contribution in [2.45, 2.75) is 18.9 Å². The summed E-state index contributed by atoms with van der Waals surface area (Å²) in [6.07, 6.45) is 5.97. The number of halogens is 1. The fourth-order valence-electron chi connectivity index (χ4n) is 1.73. The fourth-order valence-corrected chi connectivity index (χ4v) is 2.33. The molecule has 0 aliphatic heterocycles. The van der Waals surface area contributed by atoms with E-state index in [0.717, 1.165) is 9.99 Å². The lowest BCUT2D eigenvalue weighted by Crippen LogP contribution is -2.15. The van der Waals surface area contributed by atoms with E-state index in [1.165, 1.54) is 12.8 Å². The predicted molar refractivity (Wildman–Crippen MR) is 60.9 cm³/mol. The van der Waals surface area contributed by atoms with E-state index in [1.807, 2.05) is 10.9 Å². The van der Waals surface area contributed by atoms with Crippen LogP contribution in [0.5, 0.6) is 0 Å². The summed E-state index contributed by atoms with van der Waals surface area (Å²) in [7, 11) is 1.75. The molecule has 78 valence electrons. The molecule has 5 heteroatoms. The molecule has 0 amide bonds. The van der Waals surface area contributed by atoms with Crippen LogP contribution in [-0.2, 0) is 7.05 Å². The molecule has 0 aromatic carbocycles. The highest BCUT2D eigenvalue weighted by atomic mass is 79.9. The Morgan fingerprint density at radius 3 is 2.87 bits per heavy atom. The van der Waals surface area contributed by atoms with Gasteiger partial charge in [0, 0.05) is 19.4 Å². The quantitative estimate of drug-likeness (QED) is 0.791. The van der Waals surface area contributed by atoms with Gasteiger partial charge in [-0.1, -0.05) is 0 Å². The molecule has 1 fully saturated rings. The normalized spacial score (nSPS) is 16.1. The summed E-state index contributed by atoms with van der Waals surface area (Å²) in [5.74, 6) is 0. The van der Waals surface area contributed by atoms with E-state index < -0.39 is 0 Å². The number of fused-ring (bicyclic) bond motifs is 1. The number of hydrogen-bond acceptors (Lipinski definition) is 2. The maximum absolute atomic E-state index is 11.8. The average molecular weight is 268 g/mol. The SMILES string of the molecule is Cn1cc(Br)c2nn(C3CC3)cc2c1=O. The van der Waals surface area contributed by atoms with Gasteiger partial charge in [-0.05, 0) is 28.8 Å². The summed E-state index contributed by atoms with van der Waals surface area (Å²) in [6, 6.07) is 0.508. The maximum Gasteiger partial charge on any atom is 0.261 e. The van der Waals surface area contributed by atoms with Gasteiger partial charge in [-0.25, -0.2) is 0 Å². The number of hydrogen-bond donors (Lipinski definition) is 0. The molecule has 0 bridgehead atoms. The number of pyridine rings is 1. The summed E-state index contributed by atoms with van der Waals surface area (Å²) < 4.78 is 4.36. The lowest BCUT2D eigenvalue weighted by Gasteiger charge is -1.97. The van der Waals surface area contributed by atoms with Gasteiger partial charge in [0.1, 0.15) is 5.52 Å². The van der Waals surface area contributed by atoms with Gasteiger partial charge in [-0.3, -0.25) is 9.48 Å². The van der Waals surface area contributed by atoms with Crippen molar-refractivity contribution < 1.29 is 0 Å². The van der Waals surface area contributed by atoms with Crippen LogP contribution >= 0.6 is 15.9 Å². The minimum atomic E-state index is 0.0140. The van der Waals surface area contributed by atoms with E-state index in [9.17, 15) is 4.79 Å². The first-order valence-corrected chi connectivity index (χ1v) is 5.70. The second-order valence-corrected chi connectivity index (χ2v) is 4.85. The Hall–Kier alpha value is -1.10. The summed E-state index contributed by atoms with van der Waals surface area (Å²) in [4.78, 5) is 11.8. The Kier molecular flexibility index (Phi) is 1.80. The van der Waals surface area contributed by atoms with E-state index in [4.69, 9.17) is 0 Å². The second-order valence-electron chi connectivity index (χ2n) is 4.00. The molecule has 0 radical (unpaired) electrons. The molecule has 4 nitrogen and oxygen atoms in total. The largest absolute Gasteiger partial charge is 0.317 e. The van der Waals surface area contributed by atoms with Crippen LogP contribution in [0.2, 0.25) is 0 Å². The maximum atomic E-state index is 11.8. The molecule has 0 unspecified atom stereocenters. The van der Waals surface area contributed by atoms with Gasteiger partial charge in [-0.2, -0.15) is 5.10 Å². The monoisotopic (exact) mass is 267 g/mol.